The van der Waals surface area contributed by atoms with Crippen LogP contribution in [0.3, 0.4) is 0 Å². The summed E-state index contributed by atoms with van der Waals surface area (Å²) < 4.78 is 6.45. The number of ether oxygens (including phenoxy) is 1. The summed E-state index contributed by atoms with van der Waals surface area (Å²) in [5.74, 6) is 0. The summed E-state index contributed by atoms with van der Waals surface area (Å²) in [6.07, 6.45) is 3.59. The number of hydrogen-bond donors (Lipinski definition) is 1. The lowest BCUT2D eigenvalue weighted by atomic mass is 10.1. The summed E-state index contributed by atoms with van der Waals surface area (Å²) in [4.78, 5) is 12.9. The van der Waals surface area contributed by atoms with E-state index in [1.165, 1.54) is 20.5 Å². The second-order valence-electron chi connectivity index (χ2n) is 5.43. The molecule has 0 fully saturated rings. The van der Waals surface area contributed by atoms with E-state index in [1.807, 2.05) is 36.4 Å². The Labute approximate surface area is 145 Å². The van der Waals surface area contributed by atoms with Gasteiger partial charge in [-0.1, -0.05) is 54.6 Å². The Morgan fingerprint density at radius 1 is 1.12 bits per heavy atom. The van der Waals surface area contributed by atoms with Gasteiger partial charge in [-0.2, -0.15) is 0 Å². The number of amides is 1. The molecule has 0 saturated carbocycles. The molecule has 4 heteroatoms. The van der Waals surface area contributed by atoms with Crippen LogP contribution in [0.15, 0.2) is 60.7 Å². The molecule has 1 amide bonds. The van der Waals surface area contributed by atoms with E-state index in [9.17, 15) is 4.79 Å². The Balaban J connectivity index is 1.49. The number of alkyl carbamates (subject to hydrolysis) is 1. The number of carbonyl (C=O) groups is 1. The summed E-state index contributed by atoms with van der Waals surface area (Å²) in [5, 5.41) is 4.02. The van der Waals surface area contributed by atoms with Gasteiger partial charge in [0.05, 0.1) is 0 Å². The molecular formula is C20H19NO2S. The van der Waals surface area contributed by atoms with Crippen LogP contribution in [0.5, 0.6) is 0 Å². The third-order valence-electron chi connectivity index (χ3n) is 3.73. The SMILES string of the molecule is Cc1c(C=CCNC(=O)OCc2ccccc2)sc2ccccc12. The van der Waals surface area contributed by atoms with E-state index in [-0.39, 0.29) is 6.61 Å². The largest absolute Gasteiger partial charge is 0.445 e. The Bertz CT molecular complexity index is 852. The van der Waals surface area contributed by atoms with Gasteiger partial charge in [-0.05, 0) is 35.6 Å². The lowest BCUT2D eigenvalue weighted by Gasteiger charge is -2.05. The first-order valence-corrected chi connectivity index (χ1v) is 8.65. The molecule has 0 unspecified atom stereocenters. The topological polar surface area (TPSA) is 38.3 Å². The molecule has 1 aromatic heterocycles. The van der Waals surface area contributed by atoms with Crippen LogP contribution in [0.4, 0.5) is 4.79 Å². The maximum atomic E-state index is 11.7. The first-order chi connectivity index (χ1) is 11.7. The van der Waals surface area contributed by atoms with Crippen molar-refractivity contribution in [1.82, 2.24) is 5.32 Å². The predicted molar refractivity (Wildman–Crippen MR) is 100 cm³/mol. The van der Waals surface area contributed by atoms with Crippen molar-refractivity contribution >= 4 is 33.6 Å². The molecule has 2 aromatic carbocycles. The van der Waals surface area contributed by atoms with Crippen LogP contribution in [0.25, 0.3) is 16.2 Å². The predicted octanol–water partition coefficient (Wildman–Crippen LogP) is 5.15. The highest BCUT2D eigenvalue weighted by atomic mass is 32.1. The van der Waals surface area contributed by atoms with Crippen LogP contribution in [-0.2, 0) is 11.3 Å². The lowest BCUT2D eigenvalue weighted by Crippen LogP contribution is -2.24. The fourth-order valence-corrected chi connectivity index (χ4v) is 3.58. The molecule has 1 N–H and O–H groups in total. The van der Waals surface area contributed by atoms with Gasteiger partial charge in [-0.15, -0.1) is 11.3 Å². The minimum atomic E-state index is -0.406. The van der Waals surface area contributed by atoms with Gasteiger partial charge in [0.15, 0.2) is 0 Å². The second kappa shape index (κ2) is 7.79. The fraction of sp³-hybridized carbons (Fsp3) is 0.150. The highest BCUT2D eigenvalue weighted by Gasteiger charge is 2.05. The maximum Gasteiger partial charge on any atom is 0.407 e. The average Bonchev–Trinajstić information content (AvgIpc) is 2.94. The van der Waals surface area contributed by atoms with Crippen molar-refractivity contribution < 1.29 is 9.53 Å². The third-order valence-corrected chi connectivity index (χ3v) is 4.96. The average molecular weight is 337 g/mol. The Kier molecular flexibility index (Phi) is 5.29. The molecule has 0 saturated heterocycles. The smallest absolute Gasteiger partial charge is 0.407 e. The van der Waals surface area contributed by atoms with Crippen LogP contribution in [-0.4, -0.2) is 12.6 Å². The third kappa shape index (κ3) is 4.03. The molecule has 0 aliphatic carbocycles. The zero-order valence-electron chi connectivity index (χ0n) is 13.5. The van der Waals surface area contributed by atoms with Crippen molar-refractivity contribution in [3.8, 4) is 0 Å². The summed E-state index contributed by atoms with van der Waals surface area (Å²) >= 11 is 1.76. The van der Waals surface area contributed by atoms with Gasteiger partial charge in [0, 0.05) is 16.1 Å². The van der Waals surface area contributed by atoms with E-state index in [4.69, 9.17) is 4.74 Å². The monoisotopic (exact) mass is 337 g/mol. The normalized spacial score (nSPS) is 11.0. The van der Waals surface area contributed by atoms with E-state index in [0.717, 1.165) is 5.56 Å². The molecule has 0 atom stereocenters. The Morgan fingerprint density at radius 3 is 2.67 bits per heavy atom. The molecule has 0 radical (unpaired) electrons. The van der Waals surface area contributed by atoms with Crippen LogP contribution in [0.1, 0.15) is 16.0 Å². The van der Waals surface area contributed by atoms with Crippen molar-refractivity contribution in [2.45, 2.75) is 13.5 Å². The van der Waals surface area contributed by atoms with Crippen LogP contribution in [0.2, 0.25) is 0 Å². The molecule has 3 nitrogen and oxygen atoms in total. The van der Waals surface area contributed by atoms with Crippen LogP contribution >= 0.6 is 11.3 Å². The summed E-state index contributed by atoms with van der Waals surface area (Å²) in [6, 6.07) is 18.0. The number of fused-ring (bicyclic) bond motifs is 1. The minimum absolute atomic E-state index is 0.284. The van der Waals surface area contributed by atoms with Gasteiger partial charge in [-0.3, -0.25) is 0 Å². The highest BCUT2D eigenvalue weighted by Crippen LogP contribution is 2.31. The molecule has 0 spiro atoms. The van der Waals surface area contributed by atoms with Crippen molar-refractivity contribution in [3.63, 3.8) is 0 Å². The first kappa shape index (κ1) is 16.3. The standard InChI is InChI=1S/C20H19NO2S/c1-15-17-10-5-6-11-19(17)24-18(15)12-7-13-21-20(22)23-14-16-8-3-2-4-9-16/h2-12H,13-14H2,1H3,(H,21,22). The van der Waals surface area contributed by atoms with E-state index in [1.54, 1.807) is 11.3 Å². The zero-order valence-corrected chi connectivity index (χ0v) is 14.3. The van der Waals surface area contributed by atoms with E-state index >= 15 is 0 Å². The van der Waals surface area contributed by atoms with Crippen LogP contribution in [0, 0.1) is 6.92 Å². The molecule has 1 heterocycles. The second-order valence-corrected chi connectivity index (χ2v) is 6.52. The number of benzene rings is 2. The number of rotatable bonds is 5. The lowest BCUT2D eigenvalue weighted by molar-refractivity contribution is 0.141. The maximum absolute atomic E-state index is 11.7. The molecule has 0 bridgehead atoms. The molecule has 122 valence electrons. The van der Waals surface area contributed by atoms with E-state index in [2.05, 4.69) is 42.6 Å². The molecular weight excluding hydrogens is 318 g/mol. The molecule has 0 aliphatic heterocycles. The Morgan fingerprint density at radius 2 is 1.88 bits per heavy atom. The number of carbonyl (C=O) groups excluding carboxylic acids is 1. The van der Waals surface area contributed by atoms with Crippen molar-refractivity contribution in [2.24, 2.45) is 0 Å². The van der Waals surface area contributed by atoms with Gasteiger partial charge in [0.1, 0.15) is 6.61 Å². The number of hydrogen-bond acceptors (Lipinski definition) is 3. The van der Waals surface area contributed by atoms with Gasteiger partial charge in [0.2, 0.25) is 0 Å². The molecule has 3 aromatic rings. The zero-order chi connectivity index (χ0) is 16.8. The summed E-state index contributed by atoms with van der Waals surface area (Å²) in [7, 11) is 0. The van der Waals surface area contributed by atoms with Gasteiger partial charge in [-0.25, -0.2) is 4.79 Å². The van der Waals surface area contributed by atoms with Crippen LogP contribution < -0.4 is 5.32 Å². The van der Waals surface area contributed by atoms with Gasteiger partial charge in [0.25, 0.3) is 0 Å². The van der Waals surface area contributed by atoms with Crippen molar-refractivity contribution in [1.29, 1.82) is 0 Å². The van der Waals surface area contributed by atoms with E-state index in [0.29, 0.717) is 6.54 Å². The van der Waals surface area contributed by atoms with Crippen molar-refractivity contribution in [2.75, 3.05) is 6.54 Å². The summed E-state index contributed by atoms with van der Waals surface area (Å²) in [5.41, 5.74) is 2.25. The highest BCUT2D eigenvalue weighted by molar-refractivity contribution is 7.20. The number of aryl methyl sites for hydroxylation is 1. The summed E-state index contributed by atoms with van der Waals surface area (Å²) in [6.45, 7) is 2.85. The quantitative estimate of drug-likeness (QED) is 0.699. The van der Waals surface area contributed by atoms with Gasteiger partial charge >= 0.3 is 6.09 Å². The number of nitrogens with one attached hydrogen (secondary N) is 1. The molecule has 0 aliphatic rings. The Hall–Kier alpha value is -2.59. The number of thiophene rings is 1. The fourth-order valence-electron chi connectivity index (χ4n) is 2.43. The molecule has 24 heavy (non-hydrogen) atoms. The minimum Gasteiger partial charge on any atom is -0.445 e. The van der Waals surface area contributed by atoms with Crippen molar-refractivity contribution in [3.05, 3.63) is 76.7 Å². The van der Waals surface area contributed by atoms with E-state index < -0.39 is 6.09 Å². The first-order valence-electron chi connectivity index (χ1n) is 7.83. The van der Waals surface area contributed by atoms with Gasteiger partial charge < -0.3 is 10.1 Å². The molecule has 3 rings (SSSR count).